The SMILES string of the molecule is O=C(c1cc2ccsc2s1)N1CC=C(c2ccccc2)C1. The maximum absolute atomic E-state index is 12.6. The predicted molar refractivity (Wildman–Crippen MR) is 90.0 cm³/mol. The molecule has 0 fully saturated rings. The van der Waals surface area contributed by atoms with Crippen molar-refractivity contribution in [3.8, 4) is 0 Å². The average Bonchev–Trinajstić information content (AvgIpc) is 3.22. The van der Waals surface area contributed by atoms with E-state index in [-0.39, 0.29) is 5.91 Å². The van der Waals surface area contributed by atoms with E-state index in [0.717, 1.165) is 4.88 Å². The minimum absolute atomic E-state index is 0.144. The van der Waals surface area contributed by atoms with E-state index in [4.69, 9.17) is 0 Å². The molecule has 0 saturated heterocycles. The number of carbonyl (C=O) groups excluding carboxylic acids is 1. The number of fused-ring (bicyclic) bond motifs is 1. The van der Waals surface area contributed by atoms with Gasteiger partial charge in [0.25, 0.3) is 5.91 Å². The lowest BCUT2D eigenvalue weighted by molar-refractivity contribution is 0.0806. The molecule has 0 saturated carbocycles. The summed E-state index contributed by atoms with van der Waals surface area (Å²) >= 11 is 3.30. The molecule has 0 bridgehead atoms. The first kappa shape index (κ1) is 12.8. The first-order chi connectivity index (χ1) is 10.3. The summed E-state index contributed by atoms with van der Waals surface area (Å²) in [5.74, 6) is 0.144. The van der Waals surface area contributed by atoms with Gasteiger partial charge in [0, 0.05) is 18.5 Å². The zero-order chi connectivity index (χ0) is 14.2. The Balaban J connectivity index is 1.54. The first-order valence-electron chi connectivity index (χ1n) is 6.82. The van der Waals surface area contributed by atoms with Gasteiger partial charge in [-0.2, -0.15) is 0 Å². The monoisotopic (exact) mass is 311 g/mol. The van der Waals surface area contributed by atoms with Crippen LogP contribution in [0.25, 0.3) is 15.0 Å². The summed E-state index contributed by atoms with van der Waals surface area (Å²) in [6.07, 6.45) is 2.16. The van der Waals surface area contributed by atoms with Crippen LogP contribution in [0.5, 0.6) is 0 Å². The molecular formula is C17H13NOS2. The largest absolute Gasteiger partial charge is 0.330 e. The van der Waals surface area contributed by atoms with E-state index in [9.17, 15) is 4.79 Å². The van der Waals surface area contributed by atoms with Crippen molar-refractivity contribution in [3.63, 3.8) is 0 Å². The fourth-order valence-electron chi connectivity index (χ4n) is 2.60. The van der Waals surface area contributed by atoms with Gasteiger partial charge in [0.2, 0.25) is 0 Å². The van der Waals surface area contributed by atoms with Crippen molar-refractivity contribution in [1.29, 1.82) is 0 Å². The van der Waals surface area contributed by atoms with Crippen LogP contribution in [0.2, 0.25) is 0 Å². The second kappa shape index (κ2) is 5.13. The number of amides is 1. The molecule has 4 rings (SSSR count). The van der Waals surface area contributed by atoms with E-state index >= 15 is 0 Å². The molecule has 0 radical (unpaired) electrons. The molecule has 1 amide bonds. The number of nitrogens with zero attached hydrogens (tertiary/aromatic N) is 1. The minimum Gasteiger partial charge on any atom is -0.330 e. The molecule has 21 heavy (non-hydrogen) atoms. The Morgan fingerprint density at radius 2 is 2.00 bits per heavy atom. The number of benzene rings is 1. The molecule has 2 nitrogen and oxygen atoms in total. The molecule has 0 N–H and O–H groups in total. The van der Waals surface area contributed by atoms with Gasteiger partial charge in [0.15, 0.2) is 0 Å². The van der Waals surface area contributed by atoms with Crippen LogP contribution < -0.4 is 0 Å². The number of thiophene rings is 2. The standard InChI is InChI=1S/C17H13NOS2/c19-16(15-10-13-7-9-20-17(13)21-15)18-8-6-14(11-18)12-4-2-1-3-5-12/h1-7,9-10H,8,11H2. The van der Waals surface area contributed by atoms with Crippen molar-refractivity contribution in [2.45, 2.75) is 0 Å². The molecular weight excluding hydrogens is 298 g/mol. The third-order valence-corrected chi connectivity index (χ3v) is 5.90. The fourth-order valence-corrected chi connectivity index (χ4v) is 4.67. The van der Waals surface area contributed by atoms with E-state index < -0.39 is 0 Å². The van der Waals surface area contributed by atoms with E-state index in [2.05, 4.69) is 29.7 Å². The highest BCUT2D eigenvalue weighted by atomic mass is 32.2. The quantitative estimate of drug-likeness (QED) is 0.682. The van der Waals surface area contributed by atoms with E-state index in [0.29, 0.717) is 13.1 Å². The highest BCUT2D eigenvalue weighted by Crippen LogP contribution is 2.32. The van der Waals surface area contributed by atoms with Gasteiger partial charge >= 0.3 is 0 Å². The zero-order valence-corrected chi connectivity index (χ0v) is 12.9. The molecule has 0 aliphatic carbocycles. The summed E-state index contributed by atoms with van der Waals surface area (Å²) in [7, 11) is 0. The number of hydrogen-bond acceptors (Lipinski definition) is 3. The van der Waals surface area contributed by atoms with E-state index in [1.807, 2.05) is 29.2 Å². The molecule has 3 aromatic rings. The van der Waals surface area contributed by atoms with Crippen molar-refractivity contribution < 1.29 is 4.79 Å². The zero-order valence-electron chi connectivity index (χ0n) is 11.3. The summed E-state index contributed by atoms with van der Waals surface area (Å²) in [6, 6.07) is 14.4. The van der Waals surface area contributed by atoms with Gasteiger partial charge in [-0.3, -0.25) is 4.79 Å². The number of carbonyl (C=O) groups is 1. The van der Waals surface area contributed by atoms with Crippen LogP contribution in [0, 0.1) is 0 Å². The van der Waals surface area contributed by atoms with Gasteiger partial charge in [0.05, 0.1) is 8.89 Å². The van der Waals surface area contributed by atoms with E-state index in [1.165, 1.54) is 20.5 Å². The summed E-state index contributed by atoms with van der Waals surface area (Å²) < 4.78 is 1.23. The van der Waals surface area contributed by atoms with Crippen molar-refractivity contribution >= 4 is 43.6 Å². The second-order valence-corrected chi connectivity index (χ2v) is 7.28. The smallest absolute Gasteiger partial charge is 0.264 e. The lowest BCUT2D eigenvalue weighted by Crippen LogP contribution is -2.28. The Morgan fingerprint density at radius 3 is 2.81 bits per heavy atom. The second-order valence-electron chi connectivity index (χ2n) is 5.06. The Labute approximate surface area is 131 Å². The maximum Gasteiger partial charge on any atom is 0.264 e. The fraction of sp³-hybridized carbons (Fsp3) is 0.118. The molecule has 4 heteroatoms. The molecule has 1 aliphatic heterocycles. The Morgan fingerprint density at radius 1 is 1.14 bits per heavy atom. The topological polar surface area (TPSA) is 20.3 Å². The van der Waals surface area contributed by atoms with Crippen molar-refractivity contribution in [3.05, 3.63) is 64.4 Å². The van der Waals surface area contributed by atoms with Crippen LogP contribution in [-0.2, 0) is 0 Å². The summed E-state index contributed by atoms with van der Waals surface area (Å²) in [6.45, 7) is 1.41. The van der Waals surface area contributed by atoms with Gasteiger partial charge in [0.1, 0.15) is 0 Å². The molecule has 0 spiro atoms. The maximum atomic E-state index is 12.6. The molecule has 0 atom stereocenters. The predicted octanol–water partition coefficient (Wildman–Crippen LogP) is 4.50. The molecule has 1 aliphatic rings. The Bertz CT molecular complexity index is 800. The van der Waals surface area contributed by atoms with E-state index in [1.54, 1.807) is 22.7 Å². The van der Waals surface area contributed by atoms with Crippen molar-refractivity contribution in [1.82, 2.24) is 4.90 Å². The van der Waals surface area contributed by atoms with Crippen LogP contribution in [0.15, 0.2) is 53.9 Å². The molecule has 0 unspecified atom stereocenters. The van der Waals surface area contributed by atoms with Gasteiger partial charge < -0.3 is 4.90 Å². The van der Waals surface area contributed by atoms with Crippen LogP contribution in [-0.4, -0.2) is 23.9 Å². The summed E-state index contributed by atoms with van der Waals surface area (Å²) in [5, 5.41) is 3.25. The first-order valence-corrected chi connectivity index (χ1v) is 8.51. The molecule has 104 valence electrons. The van der Waals surface area contributed by atoms with Gasteiger partial charge in [-0.15, -0.1) is 22.7 Å². The lowest BCUT2D eigenvalue weighted by Gasteiger charge is -2.15. The third kappa shape index (κ3) is 2.30. The Kier molecular flexibility index (Phi) is 3.13. The number of rotatable bonds is 2. The molecule has 2 aromatic heterocycles. The molecule has 1 aromatic carbocycles. The highest BCUT2D eigenvalue weighted by molar-refractivity contribution is 7.38. The van der Waals surface area contributed by atoms with Crippen LogP contribution in [0.1, 0.15) is 15.2 Å². The highest BCUT2D eigenvalue weighted by Gasteiger charge is 2.23. The van der Waals surface area contributed by atoms with Gasteiger partial charge in [-0.1, -0.05) is 36.4 Å². The summed E-state index contributed by atoms with van der Waals surface area (Å²) in [5.41, 5.74) is 2.45. The van der Waals surface area contributed by atoms with Crippen LogP contribution in [0.3, 0.4) is 0 Å². The minimum atomic E-state index is 0.144. The normalized spacial score (nSPS) is 14.7. The van der Waals surface area contributed by atoms with Crippen LogP contribution >= 0.6 is 22.7 Å². The summed E-state index contributed by atoms with van der Waals surface area (Å²) in [4.78, 5) is 15.4. The van der Waals surface area contributed by atoms with Crippen LogP contribution in [0.4, 0.5) is 0 Å². The van der Waals surface area contributed by atoms with Crippen molar-refractivity contribution in [2.24, 2.45) is 0 Å². The lowest BCUT2D eigenvalue weighted by atomic mass is 10.1. The van der Waals surface area contributed by atoms with Crippen molar-refractivity contribution in [2.75, 3.05) is 13.1 Å². The average molecular weight is 311 g/mol. The Hall–Kier alpha value is -1.91. The van der Waals surface area contributed by atoms with Gasteiger partial charge in [-0.25, -0.2) is 0 Å². The molecule has 3 heterocycles. The number of hydrogen-bond donors (Lipinski definition) is 0. The third-order valence-electron chi connectivity index (χ3n) is 3.71. The van der Waals surface area contributed by atoms with Gasteiger partial charge in [-0.05, 0) is 28.6 Å².